The Morgan fingerprint density at radius 2 is 0.810 bits per heavy atom. The van der Waals surface area contributed by atoms with E-state index in [1.807, 2.05) is 78.9 Å². The van der Waals surface area contributed by atoms with Crippen LogP contribution >= 0.6 is 0 Å². The van der Waals surface area contributed by atoms with Crippen LogP contribution in [-0.2, 0) is 5.41 Å². The highest BCUT2D eigenvalue weighted by molar-refractivity contribution is 5.89. The van der Waals surface area contributed by atoms with Crippen LogP contribution in [0, 0.1) is 11.3 Å². The highest BCUT2D eigenvalue weighted by atomic mass is 16.5. The van der Waals surface area contributed by atoms with Crippen molar-refractivity contribution in [2.24, 2.45) is 0 Å². The summed E-state index contributed by atoms with van der Waals surface area (Å²) >= 11 is 0. The molecule has 5 heteroatoms. The standard InChI is InChI=1S/C53H32N4O/c54-33-34-22-28-48-46(30-34)53(44-20-9-7-18-42(44)43-19-8-10-21-45(43)53)47-32-40(27-29-49(47)58-48)36-25-23-35(24-26-36)39-16-11-17-41(31-39)52-56-50(37-12-3-1-4-13-37)55-51(57-52)38-14-5-2-6-15-38/h1-32H. The van der Waals surface area contributed by atoms with Gasteiger partial charge in [0.05, 0.1) is 17.0 Å². The van der Waals surface area contributed by atoms with E-state index in [9.17, 15) is 5.26 Å². The van der Waals surface area contributed by atoms with Gasteiger partial charge in [-0.05, 0) is 80.9 Å². The molecule has 9 aromatic rings. The Bertz CT molecular complexity index is 2990. The van der Waals surface area contributed by atoms with Gasteiger partial charge >= 0.3 is 0 Å². The lowest BCUT2D eigenvalue weighted by atomic mass is 9.65. The van der Waals surface area contributed by atoms with Gasteiger partial charge in [0.15, 0.2) is 17.5 Å². The van der Waals surface area contributed by atoms with E-state index in [0.29, 0.717) is 23.0 Å². The Hall–Kier alpha value is -7.94. The quantitative estimate of drug-likeness (QED) is 0.176. The van der Waals surface area contributed by atoms with E-state index < -0.39 is 5.41 Å². The molecular weight excluding hydrogens is 709 g/mol. The smallest absolute Gasteiger partial charge is 0.164 e. The molecule has 0 N–H and O–H groups in total. The van der Waals surface area contributed by atoms with E-state index in [1.54, 1.807) is 0 Å². The predicted octanol–water partition coefficient (Wildman–Crippen LogP) is 12.5. The van der Waals surface area contributed by atoms with E-state index in [0.717, 1.165) is 61.6 Å². The summed E-state index contributed by atoms with van der Waals surface area (Å²) in [5.41, 5.74) is 13.9. The average Bonchev–Trinajstić information content (AvgIpc) is 3.60. The van der Waals surface area contributed by atoms with Gasteiger partial charge in [0, 0.05) is 27.8 Å². The Morgan fingerprint density at radius 3 is 1.40 bits per heavy atom. The molecule has 5 nitrogen and oxygen atoms in total. The molecule has 8 aromatic carbocycles. The van der Waals surface area contributed by atoms with Gasteiger partial charge in [-0.1, -0.05) is 158 Å². The first kappa shape index (κ1) is 33.4. The van der Waals surface area contributed by atoms with Crippen molar-refractivity contribution < 1.29 is 4.74 Å². The van der Waals surface area contributed by atoms with E-state index >= 15 is 0 Å². The molecule has 1 aliphatic carbocycles. The summed E-state index contributed by atoms with van der Waals surface area (Å²) in [6, 6.07) is 69.1. The molecule has 0 atom stereocenters. The Labute approximate surface area is 336 Å². The lowest BCUT2D eigenvalue weighted by Gasteiger charge is -2.39. The number of aromatic nitrogens is 3. The van der Waals surface area contributed by atoms with Crippen LogP contribution in [-0.4, -0.2) is 15.0 Å². The van der Waals surface area contributed by atoms with Crippen molar-refractivity contribution in [3.05, 3.63) is 222 Å². The number of nitrogens with zero attached hydrogens (tertiary/aromatic N) is 4. The Balaban J connectivity index is 0.994. The number of hydrogen-bond acceptors (Lipinski definition) is 5. The maximum atomic E-state index is 10.0. The molecular formula is C53H32N4O. The predicted molar refractivity (Wildman–Crippen MR) is 229 cm³/mol. The van der Waals surface area contributed by atoms with Crippen LogP contribution in [0.25, 0.3) is 67.5 Å². The summed E-state index contributed by atoms with van der Waals surface area (Å²) in [7, 11) is 0. The van der Waals surface area contributed by atoms with Crippen LogP contribution in [0.15, 0.2) is 194 Å². The minimum absolute atomic E-state index is 0.603. The summed E-state index contributed by atoms with van der Waals surface area (Å²) in [5, 5.41) is 10.0. The number of nitriles is 1. The van der Waals surface area contributed by atoms with Crippen molar-refractivity contribution in [1.82, 2.24) is 15.0 Å². The Morgan fingerprint density at radius 1 is 0.362 bits per heavy atom. The van der Waals surface area contributed by atoms with Gasteiger partial charge in [-0.15, -0.1) is 0 Å². The fraction of sp³-hybridized carbons (Fsp3) is 0.0189. The lowest BCUT2D eigenvalue weighted by molar-refractivity contribution is 0.436. The van der Waals surface area contributed by atoms with Crippen molar-refractivity contribution in [2.45, 2.75) is 5.41 Å². The van der Waals surface area contributed by atoms with Gasteiger partial charge < -0.3 is 4.74 Å². The topological polar surface area (TPSA) is 71.7 Å². The maximum absolute atomic E-state index is 10.0. The van der Waals surface area contributed by atoms with Crippen LogP contribution in [0.3, 0.4) is 0 Å². The minimum atomic E-state index is -0.658. The summed E-state index contributed by atoms with van der Waals surface area (Å²) in [6.07, 6.45) is 0. The number of benzene rings is 8. The molecule has 0 bridgehead atoms. The van der Waals surface area contributed by atoms with Crippen molar-refractivity contribution >= 4 is 0 Å². The van der Waals surface area contributed by atoms with Gasteiger partial charge in [0.25, 0.3) is 0 Å². The molecule has 0 unspecified atom stereocenters. The summed E-state index contributed by atoms with van der Waals surface area (Å²) in [5.74, 6) is 3.46. The normalized spacial score (nSPS) is 12.7. The van der Waals surface area contributed by atoms with E-state index in [4.69, 9.17) is 19.7 Å². The summed E-state index contributed by atoms with van der Waals surface area (Å²) in [4.78, 5) is 14.8. The van der Waals surface area contributed by atoms with Crippen molar-refractivity contribution in [3.8, 4) is 85.1 Å². The first-order chi connectivity index (χ1) is 28.7. The molecule has 270 valence electrons. The molecule has 0 saturated heterocycles. The Kier molecular flexibility index (Phi) is 7.70. The molecule has 58 heavy (non-hydrogen) atoms. The van der Waals surface area contributed by atoms with Gasteiger partial charge in [-0.2, -0.15) is 5.26 Å². The summed E-state index contributed by atoms with van der Waals surface area (Å²) < 4.78 is 6.65. The maximum Gasteiger partial charge on any atom is 0.164 e. The molecule has 0 amide bonds. The van der Waals surface area contributed by atoms with Crippen LogP contribution in [0.2, 0.25) is 0 Å². The molecule has 1 aliphatic heterocycles. The van der Waals surface area contributed by atoms with Crippen LogP contribution in [0.4, 0.5) is 0 Å². The number of hydrogen-bond donors (Lipinski definition) is 0. The second-order valence-corrected chi connectivity index (χ2v) is 14.7. The third kappa shape index (κ3) is 5.27. The molecule has 0 fully saturated rings. The monoisotopic (exact) mass is 740 g/mol. The molecule has 1 aromatic heterocycles. The van der Waals surface area contributed by atoms with Crippen molar-refractivity contribution in [3.63, 3.8) is 0 Å². The number of ether oxygens (including phenoxy) is 1. The largest absolute Gasteiger partial charge is 0.457 e. The first-order valence-corrected chi connectivity index (χ1v) is 19.3. The molecule has 0 saturated carbocycles. The second-order valence-electron chi connectivity index (χ2n) is 14.7. The third-order valence-electron chi connectivity index (χ3n) is 11.4. The third-order valence-corrected chi connectivity index (χ3v) is 11.4. The average molecular weight is 741 g/mol. The fourth-order valence-corrected chi connectivity index (χ4v) is 8.78. The second kappa shape index (κ2) is 13.4. The molecule has 0 radical (unpaired) electrons. The fourth-order valence-electron chi connectivity index (χ4n) is 8.78. The summed E-state index contributed by atoms with van der Waals surface area (Å²) in [6.45, 7) is 0. The molecule has 1 spiro atoms. The van der Waals surface area contributed by atoms with Crippen LogP contribution in [0.1, 0.15) is 27.8 Å². The minimum Gasteiger partial charge on any atom is -0.457 e. The van der Waals surface area contributed by atoms with Gasteiger partial charge in [-0.25, -0.2) is 15.0 Å². The number of fused-ring (bicyclic) bond motifs is 9. The number of rotatable bonds is 5. The van der Waals surface area contributed by atoms with E-state index in [2.05, 4.69) is 121 Å². The first-order valence-electron chi connectivity index (χ1n) is 19.3. The van der Waals surface area contributed by atoms with E-state index in [-0.39, 0.29) is 0 Å². The zero-order valence-electron chi connectivity index (χ0n) is 31.2. The lowest BCUT2D eigenvalue weighted by Crippen LogP contribution is -2.32. The van der Waals surface area contributed by atoms with Gasteiger partial charge in [-0.3, -0.25) is 0 Å². The van der Waals surface area contributed by atoms with Crippen molar-refractivity contribution in [2.75, 3.05) is 0 Å². The molecule has 2 heterocycles. The zero-order valence-corrected chi connectivity index (χ0v) is 31.2. The van der Waals surface area contributed by atoms with Gasteiger partial charge in [0.1, 0.15) is 11.5 Å². The van der Waals surface area contributed by atoms with Gasteiger partial charge in [0.2, 0.25) is 0 Å². The molecule has 11 rings (SSSR count). The van der Waals surface area contributed by atoms with Crippen LogP contribution < -0.4 is 4.74 Å². The molecule has 2 aliphatic rings. The highest BCUT2D eigenvalue weighted by Crippen LogP contribution is 2.62. The van der Waals surface area contributed by atoms with Crippen molar-refractivity contribution in [1.29, 1.82) is 5.26 Å². The SMILES string of the molecule is N#Cc1ccc2c(c1)C1(c3cc(-c4ccc(-c5cccc(-c6nc(-c7ccccc7)nc(-c7ccccc7)n6)c5)cc4)ccc3O2)c2ccccc2-c2ccccc21. The van der Waals surface area contributed by atoms with Crippen LogP contribution in [0.5, 0.6) is 11.5 Å². The highest BCUT2D eigenvalue weighted by Gasteiger charge is 2.51. The zero-order chi connectivity index (χ0) is 38.6. The van der Waals surface area contributed by atoms with E-state index in [1.165, 1.54) is 22.3 Å².